The van der Waals surface area contributed by atoms with Gasteiger partial charge in [-0.05, 0) is 24.3 Å². The van der Waals surface area contributed by atoms with Gasteiger partial charge in [-0.25, -0.2) is 23.4 Å². The highest BCUT2D eigenvalue weighted by molar-refractivity contribution is 7.90. The van der Waals surface area contributed by atoms with Crippen LogP contribution in [0.2, 0.25) is 0 Å². The number of aromatic amines is 1. The van der Waals surface area contributed by atoms with Gasteiger partial charge in [0.05, 0.1) is 34.9 Å². The molecule has 9 heteroatoms. The molecule has 0 amide bonds. The van der Waals surface area contributed by atoms with Gasteiger partial charge in [-0.15, -0.1) is 0 Å². The number of rotatable bonds is 4. The summed E-state index contributed by atoms with van der Waals surface area (Å²) in [6, 6.07) is 11.9. The summed E-state index contributed by atoms with van der Waals surface area (Å²) in [4.78, 5) is 16.8. The molecule has 2 aromatic heterocycles. The average Bonchev–Trinajstić information content (AvgIpc) is 3.10. The van der Waals surface area contributed by atoms with Crippen LogP contribution < -0.4 is 10.5 Å². The van der Waals surface area contributed by atoms with E-state index in [0.29, 0.717) is 23.0 Å². The SMILES string of the molecule is COc1ccc2nc(-c3nc(-c4ccc(S(C)(=O)=O)cc4)cnc3N)[nH]c2c1.[HH]. The first-order valence-electron chi connectivity index (χ1n) is 8.32. The number of hydrogen-bond donors (Lipinski definition) is 2. The van der Waals surface area contributed by atoms with Crippen LogP contribution in [-0.4, -0.2) is 41.7 Å². The Bertz CT molecular complexity index is 1290. The van der Waals surface area contributed by atoms with Gasteiger partial charge in [0.2, 0.25) is 0 Å². The second-order valence-electron chi connectivity index (χ2n) is 6.25. The fraction of sp³-hybridized carbons (Fsp3) is 0.105. The van der Waals surface area contributed by atoms with E-state index in [9.17, 15) is 8.42 Å². The van der Waals surface area contributed by atoms with Crippen LogP contribution in [0, 0.1) is 0 Å². The summed E-state index contributed by atoms with van der Waals surface area (Å²) >= 11 is 0. The summed E-state index contributed by atoms with van der Waals surface area (Å²) in [6.45, 7) is 0. The fourth-order valence-corrected chi connectivity index (χ4v) is 3.44. The smallest absolute Gasteiger partial charge is 0.175 e. The molecule has 0 unspecified atom stereocenters. The van der Waals surface area contributed by atoms with Crippen molar-refractivity contribution in [2.24, 2.45) is 0 Å². The lowest BCUT2D eigenvalue weighted by atomic mass is 10.1. The third kappa shape index (κ3) is 3.27. The van der Waals surface area contributed by atoms with Crippen LogP contribution in [0.3, 0.4) is 0 Å². The topological polar surface area (TPSA) is 124 Å². The molecule has 0 aliphatic rings. The molecule has 0 spiro atoms. The first-order valence-corrected chi connectivity index (χ1v) is 10.2. The number of nitrogens with one attached hydrogen (secondary N) is 1. The summed E-state index contributed by atoms with van der Waals surface area (Å²) in [5.74, 6) is 1.44. The third-order valence-corrected chi connectivity index (χ3v) is 5.42. The van der Waals surface area contributed by atoms with E-state index in [1.165, 1.54) is 18.4 Å². The number of nitrogen functional groups attached to an aromatic ring is 1. The van der Waals surface area contributed by atoms with Crippen LogP contribution in [0.5, 0.6) is 5.75 Å². The first kappa shape index (κ1) is 17.9. The number of ether oxygens (including phenoxy) is 1. The number of hydrogen-bond acceptors (Lipinski definition) is 7. The quantitative estimate of drug-likeness (QED) is 0.542. The van der Waals surface area contributed by atoms with E-state index in [4.69, 9.17) is 10.5 Å². The second kappa shape index (κ2) is 6.61. The van der Waals surface area contributed by atoms with Crippen LogP contribution >= 0.6 is 0 Å². The predicted octanol–water partition coefficient (Wildman–Crippen LogP) is 2.93. The minimum Gasteiger partial charge on any atom is -0.497 e. The van der Waals surface area contributed by atoms with E-state index in [1.54, 1.807) is 25.4 Å². The molecule has 0 radical (unpaired) electrons. The Hall–Kier alpha value is -3.46. The Morgan fingerprint density at radius 2 is 1.86 bits per heavy atom. The summed E-state index contributed by atoms with van der Waals surface area (Å²) in [5.41, 5.74) is 9.26. The number of aromatic nitrogens is 4. The number of sulfone groups is 1. The van der Waals surface area contributed by atoms with Gasteiger partial charge in [-0.1, -0.05) is 12.1 Å². The molecule has 0 saturated carbocycles. The van der Waals surface area contributed by atoms with Crippen LogP contribution in [0.15, 0.2) is 53.6 Å². The first-order chi connectivity index (χ1) is 13.3. The summed E-state index contributed by atoms with van der Waals surface area (Å²) in [5, 5.41) is 0. The van der Waals surface area contributed by atoms with Crippen molar-refractivity contribution in [2.75, 3.05) is 19.1 Å². The van der Waals surface area contributed by atoms with Gasteiger partial charge < -0.3 is 15.5 Å². The minimum absolute atomic E-state index is 0. The molecular formula is C19H19N5O3S. The molecule has 4 aromatic rings. The summed E-state index contributed by atoms with van der Waals surface area (Å²) in [7, 11) is -1.66. The van der Waals surface area contributed by atoms with Crippen molar-refractivity contribution in [3.63, 3.8) is 0 Å². The number of nitrogens with two attached hydrogens (primary N) is 1. The van der Waals surface area contributed by atoms with E-state index < -0.39 is 9.84 Å². The standard InChI is InChI=1S/C19H17N5O3S.H2/c1-27-12-5-8-14-15(9-12)24-19(23-14)17-18(20)21-10-16(22-17)11-3-6-13(7-4-11)28(2,25)26;/h3-10H,1-2H3,(H2,20,21)(H,23,24);1H. The van der Waals surface area contributed by atoms with Crippen molar-refractivity contribution in [3.05, 3.63) is 48.7 Å². The number of fused-ring (bicyclic) bond motifs is 1. The van der Waals surface area contributed by atoms with E-state index in [1.807, 2.05) is 18.2 Å². The number of methoxy groups -OCH3 is 1. The molecule has 4 rings (SSSR count). The van der Waals surface area contributed by atoms with Crippen molar-refractivity contribution >= 4 is 26.7 Å². The molecule has 2 heterocycles. The van der Waals surface area contributed by atoms with Gasteiger partial charge in [-0.3, -0.25) is 0 Å². The van der Waals surface area contributed by atoms with Crippen LogP contribution in [0.4, 0.5) is 5.82 Å². The maximum Gasteiger partial charge on any atom is 0.175 e. The Morgan fingerprint density at radius 3 is 2.54 bits per heavy atom. The summed E-state index contributed by atoms with van der Waals surface area (Å²) in [6.07, 6.45) is 2.71. The van der Waals surface area contributed by atoms with Crippen LogP contribution in [-0.2, 0) is 9.84 Å². The van der Waals surface area contributed by atoms with E-state index in [2.05, 4.69) is 19.9 Å². The van der Waals surface area contributed by atoms with Gasteiger partial charge in [0.1, 0.15) is 11.4 Å². The Labute approximate surface area is 162 Å². The molecule has 0 bridgehead atoms. The van der Waals surface area contributed by atoms with Crippen molar-refractivity contribution in [1.82, 2.24) is 19.9 Å². The number of nitrogens with zero attached hydrogens (tertiary/aromatic N) is 3. The lowest BCUT2D eigenvalue weighted by molar-refractivity contribution is 0.415. The van der Waals surface area contributed by atoms with E-state index >= 15 is 0 Å². The lowest BCUT2D eigenvalue weighted by Gasteiger charge is -2.06. The second-order valence-corrected chi connectivity index (χ2v) is 8.27. The molecule has 8 nitrogen and oxygen atoms in total. The van der Waals surface area contributed by atoms with Gasteiger partial charge in [-0.2, -0.15) is 0 Å². The Kier molecular flexibility index (Phi) is 4.23. The zero-order valence-electron chi connectivity index (χ0n) is 15.2. The maximum absolute atomic E-state index is 11.6. The molecule has 0 saturated heterocycles. The molecule has 0 aliphatic carbocycles. The zero-order valence-corrected chi connectivity index (χ0v) is 16.0. The highest BCUT2D eigenvalue weighted by atomic mass is 32.2. The van der Waals surface area contributed by atoms with Gasteiger partial charge in [0, 0.05) is 19.3 Å². The van der Waals surface area contributed by atoms with Crippen molar-refractivity contribution < 1.29 is 14.6 Å². The molecule has 2 aromatic carbocycles. The third-order valence-electron chi connectivity index (χ3n) is 4.29. The minimum atomic E-state index is -3.26. The highest BCUT2D eigenvalue weighted by Crippen LogP contribution is 2.27. The lowest BCUT2D eigenvalue weighted by Crippen LogP contribution is -2.00. The molecule has 28 heavy (non-hydrogen) atoms. The summed E-state index contributed by atoms with van der Waals surface area (Å²) < 4.78 is 28.5. The molecule has 0 fully saturated rings. The van der Waals surface area contributed by atoms with Gasteiger partial charge >= 0.3 is 0 Å². The largest absolute Gasteiger partial charge is 0.497 e. The van der Waals surface area contributed by atoms with Crippen molar-refractivity contribution in [3.8, 4) is 28.5 Å². The molecule has 0 atom stereocenters. The van der Waals surface area contributed by atoms with E-state index in [-0.39, 0.29) is 12.1 Å². The van der Waals surface area contributed by atoms with E-state index in [0.717, 1.165) is 16.6 Å². The molecule has 144 valence electrons. The predicted molar refractivity (Wildman–Crippen MR) is 109 cm³/mol. The average molecular weight is 397 g/mol. The fourth-order valence-electron chi connectivity index (χ4n) is 2.81. The Morgan fingerprint density at radius 1 is 1.11 bits per heavy atom. The van der Waals surface area contributed by atoms with Crippen LogP contribution in [0.25, 0.3) is 33.8 Å². The number of anilines is 1. The monoisotopic (exact) mass is 397 g/mol. The van der Waals surface area contributed by atoms with Gasteiger partial charge in [0.25, 0.3) is 0 Å². The zero-order chi connectivity index (χ0) is 19.9. The number of benzene rings is 2. The van der Waals surface area contributed by atoms with Gasteiger partial charge in [0.15, 0.2) is 21.5 Å². The normalized spacial score (nSPS) is 11.6. The number of imidazole rings is 1. The number of H-pyrrole nitrogens is 1. The van der Waals surface area contributed by atoms with Crippen molar-refractivity contribution in [2.45, 2.75) is 4.90 Å². The highest BCUT2D eigenvalue weighted by Gasteiger charge is 2.14. The molecule has 3 N–H and O–H groups in total. The molecule has 0 aliphatic heterocycles. The van der Waals surface area contributed by atoms with Crippen molar-refractivity contribution in [1.29, 1.82) is 0 Å². The maximum atomic E-state index is 11.6. The Balaban J connectivity index is 0.00000240. The van der Waals surface area contributed by atoms with Crippen LogP contribution in [0.1, 0.15) is 1.43 Å². The molecular weight excluding hydrogens is 378 g/mol.